The molecule has 2 aliphatic rings. The molecule has 2 aliphatic heterocycles. The van der Waals surface area contributed by atoms with Crippen molar-refractivity contribution in [3.8, 4) is 0 Å². The van der Waals surface area contributed by atoms with Crippen molar-refractivity contribution in [3.63, 3.8) is 0 Å². The van der Waals surface area contributed by atoms with E-state index in [0.717, 1.165) is 48.8 Å². The Morgan fingerprint density at radius 3 is 2.74 bits per heavy atom. The minimum Gasteiger partial charge on any atom is -0.361 e. The van der Waals surface area contributed by atoms with Crippen molar-refractivity contribution in [2.24, 2.45) is 5.92 Å². The maximum atomic E-state index is 13.0. The number of hydrogen-bond donors (Lipinski definition) is 1. The normalized spacial score (nSPS) is 20.6. The SMILES string of the molecule is Cc1noc(C)c1CN(C)Cc1ccc2n(c1=O)C[C@@H]1CNC[C@H]2C1.Cl.Cl. The van der Waals surface area contributed by atoms with E-state index in [4.69, 9.17) is 4.52 Å². The van der Waals surface area contributed by atoms with Gasteiger partial charge in [-0.1, -0.05) is 11.2 Å². The monoisotopic (exact) mass is 414 g/mol. The first-order chi connectivity index (χ1) is 12.0. The zero-order valence-electron chi connectivity index (χ0n) is 16.0. The number of fused-ring (bicyclic) bond motifs is 4. The highest BCUT2D eigenvalue weighted by Gasteiger charge is 2.31. The van der Waals surface area contributed by atoms with Gasteiger partial charge in [-0.25, -0.2) is 0 Å². The molecule has 0 spiro atoms. The van der Waals surface area contributed by atoms with Crippen LogP contribution >= 0.6 is 24.8 Å². The van der Waals surface area contributed by atoms with Gasteiger partial charge in [0, 0.05) is 48.9 Å². The zero-order valence-corrected chi connectivity index (χ0v) is 17.7. The second kappa shape index (κ2) is 8.78. The van der Waals surface area contributed by atoms with Gasteiger partial charge in [0.05, 0.1) is 5.69 Å². The Morgan fingerprint density at radius 1 is 1.26 bits per heavy atom. The van der Waals surface area contributed by atoms with Crippen molar-refractivity contribution in [2.75, 3.05) is 20.1 Å². The maximum absolute atomic E-state index is 13.0. The Kier molecular flexibility index (Phi) is 7.14. The summed E-state index contributed by atoms with van der Waals surface area (Å²) in [5, 5.41) is 7.50. The molecule has 0 amide bonds. The number of nitrogens with one attached hydrogen (secondary N) is 1. The maximum Gasteiger partial charge on any atom is 0.255 e. The lowest BCUT2D eigenvalue weighted by Gasteiger charge is -2.37. The number of pyridine rings is 1. The van der Waals surface area contributed by atoms with Crippen LogP contribution in [0.25, 0.3) is 0 Å². The summed E-state index contributed by atoms with van der Waals surface area (Å²) in [6.07, 6.45) is 1.21. The second-order valence-corrected chi connectivity index (χ2v) is 7.63. The molecule has 0 unspecified atom stereocenters. The summed E-state index contributed by atoms with van der Waals surface area (Å²) in [5.41, 5.74) is 4.28. The lowest BCUT2D eigenvalue weighted by Crippen LogP contribution is -2.45. The van der Waals surface area contributed by atoms with E-state index in [1.165, 1.54) is 12.1 Å². The van der Waals surface area contributed by atoms with E-state index in [0.29, 0.717) is 18.4 Å². The Hall–Kier alpha value is -1.34. The topological polar surface area (TPSA) is 63.3 Å². The van der Waals surface area contributed by atoms with Crippen molar-refractivity contribution in [3.05, 3.63) is 50.8 Å². The van der Waals surface area contributed by atoms with Crippen molar-refractivity contribution >= 4 is 24.8 Å². The number of piperidine rings is 1. The number of nitrogens with zero attached hydrogens (tertiary/aromatic N) is 3. The number of rotatable bonds is 4. The Bertz CT molecular complexity index is 829. The Balaban J connectivity index is 0.00000131. The summed E-state index contributed by atoms with van der Waals surface area (Å²) in [7, 11) is 2.04. The van der Waals surface area contributed by atoms with E-state index < -0.39 is 0 Å². The summed E-state index contributed by atoms with van der Waals surface area (Å²) in [4.78, 5) is 15.2. The molecular weight excluding hydrogens is 387 g/mol. The van der Waals surface area contributed by atoms with E-state index in [-0.39, 0.29) is 30.4 Å². The summed E-state index contributed by atoms with van der Waals surface area (Å²) in [6.45, 7) is 8.12. The van der Waals surface area contributed by atoms with E-state index >= 15 is 0 Å². The summed E-state index contributed by atoms with van der Waals surface area (Å²) in [5.74, 6) is 1.92. The van der Waals surface area contributed by atoms with Crippen LogP contribution in [0.5, 0.6) is 0 Å². The van der Waals surface area contributed by atoms with E-state index in [2.05, 4.69) is 21.4 Å². The minimum atomic E-state index is 0. The fourth-order valence-electron chi connectivity index (χ4n) is 4.30. The first kappa shape index (κ1) is 22.0. The predicted octanol–water partition coefficient (Wildman–Crippen LogP) is 2.64. The third kappa shape index (κ3) is 4.24. The molecule has 0 aromatic carbocycles. The molecule has 8 heteroatoms. The molecule has 2 aromatic heterocycles. The van der Waals surface area contributed by atoms with Crippen LogP contribution in [-0.4, -0.2) is 34.8 Å². The van der Waals surface area contributed by atoms with Crippen LogP contribution in [0.3, 0.4) is 0 Å². The van der Waals surface area contributed by atoms with E-state index in [1.54, 1.807) is 0 Å². The highest BCUT2D eigenvalue weighted by molar-refractivity contribution is 5.85. The molecule has 150 valence electrons. The van der Waals surface area contributed by atoms with Crippen molar-refractivity contribution in [1.82, 2.24) is 19.9 Å². The molecule has 6 nitrogen and oxygen atoms in total. The number of aromatic nitrogens is 2. The van der Waals surface area contributed by atoms with Gasteiger partial charge in [0.25, 0.3) is 5.56 Å². The molecule has 0 saturated carbocycles. The first-order valence-corrected chi connectivity index (χ1v) is 9.06. The molecule has 1 saturated heterocycles. The summed E-state index contributed by atoms with van der Waals surface area (Å²) in [6, 6.07) is 4.18. The first-order valence-electron chi connectivity index (χ1n) is 9.06. The van der Waals surface area contributed by atoms with E-state index in [1.807, 2.05) is 31.5 Å². The molecule has 4 rings (SSSR count). The Morgan fingerprint density at radius 2 is 2.04 bits per heavy atom. The second-order valence-electron chi connectivity index (χ2n) is 7.63. The van der Waals surface area contributed by atoms with Crippen LogP contribution in [0.2, 0.25) is 0 Å². The fourth-order valence-corrected chi connectivity index (χ4v) is 4.30. The minimum absolute atomic E-state index is 0. The molecule has 0 radical (unpaired) electrons. The van der Waals surface area contributed by atoms with Gasteiger partial charge in [-0.3, -0.25) is 9.69 Å². The van der Waals surface area contributed by atoms with Gasteiger partial charge < -0.3 is 14.4 Å². The lowest BCUT2D eigenvalue weighted by atomic mass is 9.84. The van der Waals surface area contributed by atoms with Crippen LogP contribution in [0.1, 0.15) is 40.6 Å². The van der Waals surface area contributed by atoms with Crippen LogP contribution < -0.4 is 10.9 Å². The average Bonchev–Trinajstić information content (AvgIpc) is 2.90. The Labute approximate surface area is 172 Å². The molecule has 1 N–H and O–H groups in total. The molecule has 0 aliphatic carbocycles. The molecule has 2 aromatic rings. The summed E-state index contributed by atoms with van der Waals surface area (Å²) >= 11 is 0. The van der Waals surface area contributed by atoms with Crippen molar-refractivity contribution < 1.29 is 4.52 Å². The third-order valence-corrected chi connectivity index (χ3v) is 5.64. The van der Waals surface area contributed by atoms with Crippen LogP contribution in [0, 0.1) is 19.8 Å². The average molecular weight is 415 g/mol. The third-order valence-electron chi connectivity index (χ3n) is 5.64. The number of hydrogen-bond acceptors (Lipinski definition) is 5. The lowest BCUT2D eigenvalue weighted by molar-refractivity contribution is 0.254. The zero-order chi connectivity index (χ0) is 17.6. The molecule has 2 bridgehead atoms. The molecule has 2 atom stereocenters. The van der Waals surface area contributed by atoms with Gasteiger partial charge >= 0.3 is 0 Å². The highest BCUT2D eigenvalue weighted by Crippen LogP contribution is 2.31. The smallest absolute Gasteiger partial charge is 0.255 e. The van der Waals surface area contributed by atoms with Gasteiger partial charge in [0.1, 0.15) is 5.76 Å². The quantitative estimate of drug-likeness (QED) is 0.832. The standard InChI is InChI=1S/C19H26N4O2.2ClH/c1-12-17(13(2)25-21-12)11-22(3)10-15-4-5-18-16-6-14(7-20-8-16)9-23(18)19(15)24;;/h4-5,14,16,20H,6-11H2,1-3H3;2*1H/t14-,16+;;/m0../s1. The van der Waals surface area contributed by atoms with Gasteiger partial charge in [0.2, 0.25) is 0 Å². The largest absolute Gasteiger partial charge is 0.361 e. The molecule has 4 heterocycles. The molecule has 27 heavy (non-hydrogen) atoms. The predicted molar refractivity (Wildman–Crippen MR) is 110 cm³/mol. The number of aryl methyl sites for hydroxylation is 2. The van der Waals surface area contributed by atoms with Gasteiger partial charge in [0.15, 0.2) is 0 Å². The van der Waals surface area contributed by atoms with Gasteiger partial charge in [-0.15, -0.1) is 24.8 Å². The van der Waals surface area contributed by atoms with Gasteiger partial charge in [-0.05, 0) is 45.8 Å². The molecular formula is C19H28Cl2N4O2. The van der Waals surface area contributed by atoms with E-state index in [9.17, 15) is 4.79 Å². The number of halogens is 2. The van der Waals surface area contributed by atoms with Gasteiger partial charge in [-0.2, -0.15) is 0 Å². The van der Waals surface area contributed by atoms with Crippen LogP contribution in [-0.2, 0) is 19.6 Å². The van der Waals surface area contributed by atoms with Crippen LogP contribution in [0.15, 0.2) is 21.5 Å². The van der Waals surface area contributed by atoms with Crippen molar-refractivity contribution in [2.45, 2.75) is 45.8 Å². The molecule has 1 fully saturated rings. The fraction of sp³-hybridized carbons (Fsp3) is 0.579. The summed E-state index contributed by atoms with van der Waals surface area (Å²) < 4.78 is 7.26. The van der Waals surface area contributed by atoms with Crippen LogP contribution in [0.4, 0.5) is 0 Å². The highest BCUT2D eigenvalue weighted by atomic mass is 35.5. The van der Waals surface area contributed by atoms with Crippen molar-refractivity contribution in [1.29, 1.82) is 0 Å².